The minimum Gasteiger partial charge on any atom is -0.475 e. The van der Waals surface area contributed by atoms with E-state index in [0.717, 1.165) is 5.69 Å². The average Bonchev–Trinajstić information content (AvgIpc) is 2.85. The van der Waals surface area contributed by atoms with Crippen LogP contribution < -0.4 is 0 Å². The quantitative estimate of drug-likeness (QED) is 0.688. The van der Waals surface area contributed by atoms with E-state index in [-0.39, 0.29) is 11.8 Å². The molecule has 0 amide bonds. The lowest BCUT2D eigenvalue weighted by atomic mass is 10.3. The highest BCUT2D eigenvalue weighted by Gasteiger charge is 2.09. The molecule has 0 aromatic carbocycles. The van der Waals surface area contributed by atoms with Crippen molar-refractivity contribution in [2.45, 2.75) is 13.8 Å². The van der Waals surface area contributed by atoms with Crippen LogP contribution in [0.2, 0.25) is 0 Å². The number of aromatic carboxylic acids is 1. The fourth-order valence-electron chi connectivity index (χ4n) is 1.18. The van der Waals surface area contributed by atoms with Crippen LogP contribution in [-0.2, 0) is 0 Å². The summed E-state index contributed by atoms with van der Waals surface area (Å²) in [7, 11) is 0. The molecule has 0 atom stereocenters. The summed E-state index contributed by atoms with van der Waals surface area (Å²) >= 11 is 0. The van der Waals surface area contributed by atoms with Crippen molar-refractivity contribution in [3.63, 3.8) is 0 Å². The molecule has 0 unspecified atom stereocenters. The van der Waals surface area contributed by atoms with Gasteiger partial charge >= 0.3 is 5.97 Å². The SMILES string of the molecule is Cc1n[nH]c(C)c1N=Nc1n[nH]c(C(=O)O)n1. The summed E-state index contributed by atoms with van der Waals surface area (Å²) in [5.74, 6) is -1.52. The lowest BCUT2D eigenvalue weighted by molar-refractivity contribution is 0.0684. The highest BCUT2D eigenvalue weighted by Crippen LogP contribution is 2.21. The molecule has 0 aliphatic rings. The number of hydrogen-bond acceptors (Lipinski definition) is 6. The monoisotopic (exact) mass is 235 g/mol. The molecule has 0 saturated heterocycles. The van der Waals surface area contributed by atoms with Gasteiger partial charge in [0.2, 0.25) is 5.82 Å². The average molecular weight is 235 g/mol. The van der Waals surface area contributed by atoms with Gasteiger partial charge in [0, 0.05) is 0 Å². The Labute approximate surface area is 95.0 Å². The van der Waals surface area contributed by atoms with Crippen molar-refractivity contribution in [1.29, 1.82) is 0 Å². The number of rotatable bonds is 3. The molecule has 17 heavy (non-hydrogen) atoms. The van der Waals surface area contributed by atoms with Crippen molar-refractivity contribution in [3.8, 4) is 0 Å². The van der Waals surface area contributed by atoms with Crippen LogP contribution in [-0.4, -0.2) is 36.5 Å². The number of hydrogen-bond donors (Lipinski definition) is 3. The largest absolute Gasteiger partial charge is 0.475 e. The maximum atomic E-state index is 10.5. The molecule has 0 bridgehead atoms. The predicted octanol–water partition coefficient (Wildman–Crippen LogP) is 1.26. The highest BCUT2D eigenvalue weighted by atomic mass is 16.4. The Morgan fingerprint density at radius 3 is 2.53 bits per heavy atom. The molecular formula is C8H9N7O2. The van der Waals surface area contributed by atoms with Crippen LogP contribution in [0.1, 0.15) is 22.0 Å². The van der Waals surface area contributed by atoms with E-state index < -0.39 is 5.97 Å². The summed E-state index contributed by atoms with van der Waals surface area (Å²) < 4.78 is 0. The number of carbonyl (C=O) groups is 1. The standard InChI is InChI=1S/C8H9N7O2/c1-3-5(4(2)11-10-3)12-14-8-9-6(7(16)17)13-15-8/h1-2H3,(H,10,11)(H,16,17)(H,9,13,15). The van der Waals surface area contributed by atoms with Gasteiger partial charge in [-0.1, -0.05) is 0 Å². The van der Waals surface area contributed by atoms with Crippen LogP contribution >= 0.6 is 0 Å². The van der Waals surface area contributed by atoms with Gasteiger partial charge in [0.05, 0.1) is 11.4 Å². The fourth-order valence-corrected chi connectivity index (χ4v) is 1.18. The first kappa shape index (κ1) is 10.9. The molecule has 9 heteroatoms. The summed E-state index contributed by atoms with van der Waals surface area (Å²) in [5.41, 5.74) is 2.05. The van der Waals surface area contributed by atoms with Gasteiger partial charge in [-0.05, 0) is 13.8 Å². The number of aromatic amines is 2. The third-order valence-corrected chi connectivity index (χ3v) is 2.00. The number of aromatic nitrogens is 5. The number of azo groups is 1. The van der Waals surface area contributed by atoms with Gasteiger partial charge in [0.1, 0.15) is 5.69 Å². The molecule has 2 aromatic rings. The Balaban J connectivity index is 2.23. The Morgan fingerprint density at radius 2 is 2.00 bits per heavy atom. The summed E-state index contributed by atoms with van der Waals surface area (Å²) in [6.45, 7) is 3.58. The van der Waals surface area contributed by atoms with E-state index in [2.05, 4.69) is 35.6 Å². The zero-order chi connectivity index (χ0) is 12.4. The van der Waals surface area contributed by atoms with Crippen molar-refractivity contribution in [2.24, 2.45) is 10.2 Å². The van der Waals surface area contributed by atoms with Gasteiger partial charge in [-0.15, -0.1) is 15.3 Å². The van der Waals surface area contributed by atoms with Crippen molar-refractivity contribution in [1.82, 2.24) is 25.4 Å². The van der Waals surface area contributed by atoms with E-state index in [0.29, 0.717) is 11.4 Å². The molecule has 0 fully saturated rings. The first-order valence-electron chi connectivity index (χ1n) is 4.67. The third-order valence-electron chi connectivity index (χ3n) is 2.00. The Morgan fingerprint density at radius 1 is 1.24 bits per heavy atom. The molecule has 0 aliphatic heterocycles. The van der Waals surface area contributed by atoms with Gasteiger partial charge in [0.25, 0.3) is 5.95 Å². The minimum atomic E-state index is -1.20. The van der Waals surface area contributed by atoms with Crippen LogP contribution in [0.25, 0.3) is 0 Å². The van der Waals surface area contributed by atoms with Gasteiger partial charge in [-0.25, -0.2) is 4.79 Å². The summed E-state index contributed by atoms with van der Waals surface area (Å²) in [4.78, 5) is 14.1. The van der Waals surface area contributed by atoms with Gasteiger partial charge in [-0.3, -0.25) is 10.2 Å². The summed E-state index contributed by atoms with van der Waals surface area (Å²) in [6, 6.07) is 0. The van der Waals surface area contributed by atoms with Crippen LogP contribution in [0.15, 0.2) is 10.2 Å². The van der Waals surface area contributed by atoms with Gasteiger partial charge in [0.15, 0.2) is 0 Å². The normalized spacial score (nSPS) is 11.2. The van der Waals surface area contributed by atoms with Gasteiger partial charge < -0.3 is 5.11 Å². The number of carboxylic acids is 1. The molecular weight excluding hydrogens is 226 g/mol. The molecule has 3 N–H and O–H groups in total. The second kappa shape index (κ2) is 4.12. The maximum absolute atomic E-state index is 10.5. The first-order chi connectivity index (χ1) is 8.08. The fraction of sp³-hybridized carbons (Fsp3) is 0.250. The van der Waals surface area contributed by atoms with Gasteiger partial charge in [-0.2, -0.15) is 10.1 Å². The number of nitrogens with one attached hydrogen (secondary N) is 2. The van der Waals surface area contributed by atoms with E-state index in [1.807, 2.05) is 0 Å². The first-order valence-corrected chi connectivity index (χ1v) is 4.67. The molecule has 0 radical (unpaired) electrons. The number of carboxylic acid groups (broad SMARTS) is 1. The van der Waals surface area contributed by atoms with Crippen LogP contribution in [0.3, 0.4) is 0 Å². The van der Waals surface area contributed by atoms with Crippen molar-refractivity contribution >= 4 is 17.6 Å². The van der Waals surface area contributed by atoms with Crippen LogP contribution in [0.5, 0.6) is 0 Å². The smallest absolute Gasteiger partial charge is 0.373 e. The summed E-state index contributed by atoms with van der Waals surface area (Å²) in [5, 5.41) is 28.7. The number of H-pyrrole nitrogens is 2. The second-order valence-corrected chi connectivity index (χ2v) is 3.27. The Hall–Kier alpha value is -2.58. The van der Waals surface area contributed by atoms with E-state index in [1.54, 1.807) is 13.8 Å². The molecule has 9 nitrogen and oxygen atoms in total. The highest BCUT2D eigenvalue weighted by molar-refractivity contribution is 5.83. The predicted molar refractivity (Wildman–Crippen MR) is 55.6 cm³/mol. The number of aryl methyl sites for hydroxylation is 2. The van der Waals surface area contributed by atoms with E-state index in [9.17, 15) is 4.79 Å². The topological polar surface area (TPSA) is 132 Å². The lowest BCUT2D eigenvalue weighted by Crippen LogP contribution is -1.98. The molecule has 0 spiro atoms. The molecule has 2 aromatic heterocycles. The molecule has 88 valence electrons. The third kappa shape index (κ3) is 2.17. The zero-order valence-corrected chi connectivity index (χ0v) is 9.09. The van der Waals surface area contributed by atoms with Crippen molar-refractivity contribution < 1.29 is 9.90 Å². The molecule has 2 rings (SSSR count). The molecule has 0 aliphatic carbocycles. The minimum absolute atomic E-state index is 0.0394. The van der Waals surface area contributed by atoms with Crippen molar-refractivity contribution in [3.05, 3.63) is 17.2 Å². The summed E-state index contributed by atoms with van der Waals surface area (Å²) in [6.07, 6.45) is 0. The van der Waals surface area contributed by atoms with Crippen LogP contribution in [0.4, 0.5) is 11.6 Å². The Bertz CT molecular complexity index is 563. The Kier molecular flexibility index (Phi) is 2.65. The van der Waals surface area contributed by atoms with E-state index >= 15 is 0 Å². The van der Waals surface area contributed by atoms with E-state index in [1.165, 1.54) is 0 Å². The zero-order valence-electron chi connectivity index (χ0n) is 9.09. The maximum Gasteiger partial charge on any atom is 0.373 e. The van der Waals surface area contributed by atoms with E-state index in [4.69, 9.17) is 5.11 Å². The number of nitrogens with zero attached hydrogens (tertiary/aromatic N) is 5. The molecule has 0 saturated carbocycles. The lowest BCUT2D eigenvalue weighted by Gasteiger charge is -1.87. The van der Waals surface area contributed by atoms with Crippen LogP contribution in [0, 0.1) is 13.8 Å². The molecule has 2 heterocycles. The second-order valence-electron chi connectivity index (χ2n) is 3.27. The van der Waals surface area contributed by atoms with Crippen molar-refractivity contribution in [2.75, 3.05) is 0 Å².